The van der Waals surface area contributed by atoms with Crippen LogP contribution in [0.1, 0.15) is 24.8 Å². The Kier molecular flexibility index (Phi) is 6.21. The van der Waals surface area contributed by atoms with Crippen molar-refractivity contribution in [3.63, 3.8) is 0 Å². The minimum atomic E-state index is 0.142. The molecule has 0 saturated carbocycles. The van der Waals surface area contributed by atoms with E-state index in [1.807, 2.05) is 25.2 Å². The third kappa shape index (κ3) is 5.14. The second kappa shape index (κ2) is 8.15. The van der Waals surface area contributed by atoms with Crippen molar-refractivity contribution < 1.29 is 4.79 Å². The van der Waals surface area contributed by atoms with Gasteiger partial charge in [-0.05, 0) is 44.0 Å². The number of carbonyl (C=O) groups excluding carboxylic acids is 1. The zero-order valence-electron chi connectivity index (χ0n) is 13.1. The van der Waals surface area contributed by atoms with E-state index in [1.165, 1.54) is 12.0 Å². The Balaban J connectivity index is 1.68. The monoisotopic (exact) mass is 289 g/mol. The smallest absolute Gasteiger partial charge is 0.234 e. The molecule has 2 unspecified atom stereocenters. The minimum absolute atomic E-state index is 0.142. The van der Waals surface area contributed by atoms with E-state index in [0.29, 0.717) is 24.9 Å². The summed E-state index contributed by atoms with van der Waals surface area (Å²) in [5.41, 5.74) is 1.27. The van der Waals surface area contributed by atoms with Crippen LogP contribution in [0.15, 0.2) is 30.3 Å². The molecule has 0 bridgehead atoms. The Morgan fingerprint density at radius 2 is 2.14 bits per heavy atom. The lowest BCUT2D eigenvalue weighted by molar-refractivity contribution is -0.122. The molecule has 1 fully saturated rings. The van der Waals surface area contributed by atoms with E-state index in [9.17, 15) is 4.79 Å². The van der Waals surface area contributed by atoms with Crippen LogP contribution in [-0.2, 0) is 4.79 Å². The van der Waals surface area contributed by atoms with Gasteiger partial charge in [0.15, 0.2) is 0 Å². The van der Waals surface area contributed by atoms with Crippen LogP contribution in [0.3, 0.4) is 0 Å². The molecular formula is C17H27N3O. The first-order valence-electron chi connectivity index (χ1n) is 7.87. The van der Waals surface area contributed by atoms with Gasteiger partial charge in [-0.1, -0.05) is 37.3 Å². The maximum atomic E-state index is 12.0. The molecule has 0 spiro atoms. The van der Waals surface area contributed by atoms with Crippen LogP contribution in [0.25, 0.3) is 0 Å². The van der Waals surface area contributed by atoms with Gasteiger partial charge in [0, 0.05) is 13.1 Å². The first-order chi connectivity index (χ1) is 10.2. The zero-order chi connectivity index (χ0) is 15.1. The molecule has 4 heteroatoms. The van der Waals surface area contributed by atoms with Crippen molar-refractivity contribution in [3.05, 3.63) is 35.9 Å². The molecule has 0 radical (unpaired) electrons. The highest BCUT2D eigenvalue weighted by atomic mass is 16.2. The van der Waals surface area contributed by atoms with Crippen molar-refractivity contribution in [2.45, 2.75) is 19.3 Å². The molecule has 21 heavy (non-hydrogen) atoms. The van der Waals surface area contributed by atoms with E-state index in [4.69, 9.17) is 0 Å². The van der Waals surface area contributed by atoms with E-state index in [0.717, 1.165) is 19.6 Å². The lowest BCUT2D eigenvalue weighted by Gasteiger charge is -2.17. The predicted octanol–water partition coefficient (Wildman–Crippen LogP) is 1.45. The standard InChI is InChI=1S/C17H27N3O/c1-14(16-6-4-3-5-7-16)10-19-17(21)13-20-9-8-15(12-20)11-18-2/h3-7,14-15,18H,8-13H2,1-2H3,(H,19,21). The number of carbonyl (C=O) groups is 1. The summed E-state index contributed by atoms with van der Waals surface area (Å²) in [6, 6.07) is 10.3. The summed E-state index contributed by atoms with van der Waals surface area (Å²) < 4.78 is 0. The molecule has 1 aromatic carbocycles. The second-order valence-corrected chi connectivity index (χ2v) is 6.06. The van der Waals surface area contributed by atoms with Crippen LogP contribution in [0.4, 0.5) is 0 Å². The fourth-order valence-electron chi connectivity index (χ4n) is 2.94. The van der Waals surface area contributed by atoms with Gasteiger partial charge in [-0.2, -0.15) is 0 Å². The Morgan fingerprint density at radius 3 is 2.86 bits per heavy atom. The van der Waals surface area contributed by atoms with E-state index in [-0.39, 0.29) is 5.91 Å². The van der Waals surface area contributed by atoms with Gasteiger partial charge in [0.05, 0.1) is 6.54 Å². The van der Waals surface area contributed by atoms with Crippen molar-refractivity contribution in [2.75, 3.05) is 39.8 Å². The molecule has 0 aliphatic carbocycles. The van der Waals surface area contributed by atoms with Gasteiger partial charge < -0.3 is 10.6 Å². The van der Waals surface area contributed by atoms with Gasteiger partial charge in [0.2, 0.25) is 5.91 Å². The van der Waals surface area contributed by atoms with Crippen molar-refractivity contribution in [1.29, 1.82) is 0 Å². The number of amides is 1. The second-order valence-electron chi connectivity index (χ2n) is 6.06. The van der Waals surface area contributed by atoms with Gasteiger partial charge in [0.1, 0.15) is 0 Å². The highest BCUT2D eigenvalue weighted by molar-refractivity contribution is 5.78. The summed E-state index contributed by atoms with van der Waals surface area (Å²) in [6.07, 6.45) is 1.19. The normalized spacial score (nSPS) is 20.4. The number of nitrogens with zero attached hydrogens (tertiary/aromatic N) is 1. The van der Waals surface area contributed by atoms with Crippen LogP contribution < -0.4 is 10.6 Å². The molecule has 4 nitrogen and oxygen atoms in total. The molecule has 1 aromatic rings. The third-order valence-electron chi connectivity index (χ3n) is 4.20. The lowest BCUT2D eigenvalue weighted by atomic mass is 10.0. The summed E-state index contributed by atoms with van der Waals surface area (Å²) in [5.74, 6) is 1.18. The van der Waals surface area contributed by atoms with Gasteiger partial charge in [-0.25, -0.2) is 0 Å². The largest absolute Gasteiger partial charge is 0.354 e. The summed E-state index contributed by atoms with van der Waals surface area (Å²) in [4.78, 5) is 14.3. The van der Waals surface area contributed by atoms with Crippen molar-refractivity contribution in [2.24, 2.45) is 5.92 Å². The highest BCUT2D eigenvalue weighted by Gasteiger charge is 2.23. The minimum Gasteiger partial charge on any atom is -0.354 e. The Labute approximate surface area is 127 Å². The first kappa shape index (κ1) is 16.0. The van der Waals surface area contributed by atoms with E-state index in [1.54, 1.807) is 0 Å². The summed E-state index contributed by atoms with van der Waals surface area (Å²) in [7, 11) is 1.99. The van der Waals surface area contributed by atoms with E-state index < -0.39 is 0 Å². The molecular weight excluding hydrogens is 262 g/mol. The fourth-order valence-corrected chi connectivity index (χ4v) is 2.94. The molecule has 2 N–H and O–H groups in total. The van der Waals surface area contributed by atoms with Crippen LogP contribution in [0.2, 0.25) is 0 Å². The molecule has 1 aliphatic heterocycles. The molecule has 2 rings (SSSR count). The van der Waals surface area contributed by atoms with Crippen LogP contribution >= 0.6 is 0 Å². The predicted molar refractivity (Wildman–Crippen MR) is 86.3 cm³/mol. The number of hydrogen-bond donors (Lipinski definition) is 2. The Morgan fingerprint density at radius 1 is 1.38 bits per heavy atom. The zero-order valence-corrected chi connectivity index (χ0v) is 13.1. The maximum absolute atomic E-state index is 12.0. The fraction of sp³-hybridized carbons (Fsp3) is 0.588. The molecule has 2 atom stereocenters. The molecule has 1 aliphatic rings. The van der Waals surface area contributed by atoms with Crippen LogP contribution in [0.5, 0.6) is 0 Å². The first-order valence-corrected chi connectivity index (χ1v) is 7.87. The van der Waals surface area contributed by atoms with Gasteiger partial charge >= 0.3 is 0 Å². The van der Waals surface area contributed by atoms with Crippen molar-refractivity contribution >= 4 is 5.91 Å². The summed E-state index contributed by atoms with van der Waals surface area (Å²) in [6.45, 7) is 6.49. The average molecular weight is 289 g/mol. The topological polar surface area (TPSA) is 44.4 Å². The third-order valence-corrected chi connectivity index (χ3v) is 4.20. The van der Waals surface area contributed by atoms with Crippen molar-refractivity contribution in [3.8, 4) is 0 Å². The van der Waals surface area contributed by atoms with Gasteiger partial charge in [-0.15, -0.1) is 0 Å². The SMILES string of the molecule is CNCC1CCN(CC(=O)NCC(C)c2ccccc2)C1. The lowest BCUT2D eigenvalue weighted by Crippen LogP contribution is -2.38. The van der Waals surface area contributed by atoms with E-state index >= 15 is 0 Å². The number of nitrogens with one attached hydrogen (secondary N) is 2. The molecule has 1 amide bonds. The quantitative estimate of drug-likeness (QED) is 0.798. The number of hydrogen-bond acceptors (Lipinski definition) is 3. The van der Waals surface area contributed by atoms with Gasteiger partial charge in [-0.3, -0.25) is 9.69 Å². The number of rotatable bonds is 7. The molecule has 1 saturated heterocycles. The average Bonchev–Trinajstić information content (AvgIpc) is 2.93. The number of benzene rings is 1. The molecule has 0 aromatic heterocycles. The van der Waals surface area contributed by atoms with Crippen LogP contribution in [0, 0.1) is 5.92 Å². The highest BCUT2D eigenvalue weighted by Crippen LogP contribution is 2.15. The molecule has 1 heterocycles. The van der Waals surface area contributed by atoms with Crippen molar-refractivity contribution in [1.82, 2.24) is 15.5 Å². The summed E-state index contributed by atoms with van der Waals surface area (Å²) >= 11 is 0. The van der Waals surface area contributed by atoms with Gasteiger partial charge in [0.25, 0.3) is 0 Å². The summed E-state index contributed by atoms with van der Waals surface area (Å²) in [5, 5.41) is 6.27. The number of likely N-dealkylation sites (tertiary alicyclic amines) is 1. The molecule has 116 valence electrons. The Bertz CT molecular complexity index is 435. The van der Waals surface area contributed by atoms with E-state index in [2.05, 4.69) is 34.6 Å². The van der Waals surface area contributed by atoms with Crippen LogP contribution in [-0.4, -0.2) is 50.6 Å². The Hall–Kier alpha value is -1.39. The maximum Gasteiger partial charge on any atom is 0.234 e.